The number of ketones is 3. The van der Waals surface area contributed by atoms with E-state index in [0.717, 1.165) is 89.3 Å². The first kappa shape index (κ1) is 34.5. The van der Waals surface area contributed by atoms with Gasteiger partial charge in [-0.2, -0.15) is 4.98 Å². The zero-order valence-corrected chi connectivity index (χ0v) is 29.9. The van der Waals surface area contributed by atoms with Crippen LogP contribution in [0.5, 0.6) is 0 Å². The smallest absolute Gasteiger partial charge is 0.263 e. The van der Waals surface area contributed by atoms with Crippen molar-refractivity contribution in [2.24, 2.45) is 5.92 Å². The summed E-state index contributed by atoms with van der Waals surface area (Å²) >= 11 is 0. The summed E-state index contributed by atoms with van der Waals surface area (Å²) in [4.78, 5) is 71.4. The number of carbonyl (C=O) groups is 3. The Bertz CT molecular complexity index is 2050. The van der Waals surface area contributed by atoms with E-state index < -0.39 is 0 Å². The topological polar surface area (TPSA) is 134 Å². The highest BCUT2D eigenvalue weighted by atomic mass is 16.2. The van der Waals surface area contributed by atoms with E-state index in [2.05, 4.69) is 36.1 Å². The lowest BCUT2D eigenvalue weighted by atomic mass is 10.0. The fourth-order valence-corrected chi connectivity index (χ4v) is 8.17. The fourth-order valence-electron chi connectivity index (χ4n) is 8.17. The fraction of sp³-hybridized carbons (Fsp3) is 0.462. The molecule has 0 amide bonds. The molecule has 12 nitrogen and oxygen atoms in total. The van der Waals surface area contributed by atoms with Gasteiger partial charge in [0.1, 0.15) is 11.5 Å². The first-order valence-corrected chi connectivity index (χ1v) is 18.1. The first-order chi connectivity index (χ1) is 24.6. The third kappa shape index (κ3) is 7.01. The Hall–Kier alpha value is -4.97. The van der Waals surface area contributed by atoms with E-state index in [4.69, 9.17) is 4.98 Å². The van der Waals surface area contributed by atoms with Gasteiger partial charge >= 0.3 is 0 Å². The largest absolute Gasteiger partial charge is 0.371 e. The summed E-state index contributed by atoms with van der Waals surface area (Å²) in [6.45, 7) is 12.9. The number of carbonyl (C=O) groups excluding carboxylic acids is 3. The second-order valence-corrected chi connectivity index (χ2v) is 14.4. The molecule has 2 aliphatic heterocycles. The summed E-state index contributed by atoms with van der Waals surface area (Å²) in [6, 6.07) is 9.65. The predicted octanol–water partition coefficient (Wildman–Crippen LogP) is 5.61. The van der Waals surface area contributed by atoms with Crippen LogP contribution >= 0.6 is 0 Å². The van der Waals surface area contributed by atoms with Crippen molar-refractivity contribution in [2.45, 2.75) is 65.8 Å². The van der Waals surface area contributed by atoms with E-state index >= 15 is 0 Å². The molecule has 5 heterocycles. The van der Waals surface area contributed by atoms with E-state index in [0.29, 0.717) is 45.4 Å². The van der Waals surface area contributed by atoms with Crippen molar-refractivity contribution in [3.05, 3.63) is 75.3 Å². The maximum atomic E-state index is 13.5. The minimum absolute atomic E-state index is 0.0202. The highest BCUT2D eigenvalue weighted by Crippen LogP contribution is 2.32. The van der Waals surface area contributed by atoms with Crippen molar-refractivity contribution >= 4 is 51.5 Å². The van der Waals surface area contributed by atoms with Crippen molar-refractivity contribution in [1.82, 2.24) is 24.4 Å². The van der Waals surface area contributed by atoms with E-state index in [1.807, 2.05) is 24.4 Å². The molecule has 3 aliphatic rings. The number of benzene rings is 1. The van der Waals surface area contributed by atoms with Gasteiger partial charge in [0.2, 0.25) is 5.95 Å². The van der Waals surface area contributed by atoms with Gasteiger partial charge in [-0.1, -0.05) is 12.8 Å². The minimum Gasteiger partial charge on any atom is -0.371 e. The molecule has 0 radical (unpaired) electrons. The van der Waals surface area contributed by atoms with Crippen LogP contribution in [0.15, 0.2) is 47.5 Å². The van der Waals surface area contributed by atoms with Crippen molar-refractivity contribution in [3.8, 4) is 0 Å². The number of piperazine rings is 1. The molecule has 2 saturated heterocycles. The van der Waals surface area contributed by atoms with Gasteiger partial charge in [0, 0.05) is 80.3 Å². The molecule has 1 aromatic carbocycles. The lowest BCUT2D eigenvalue weighted by Crippen LogP contribution is -2.48. The first-order valence-electron chi connectivity index (χ1n) is 18.1. The third-order valence-corrected chi connectivity index (χ3v) is 10.9. The number of hydrogen-bond acceptors (Lipinski definition) is 11. The number of fused-ring (bicyclic) bond motifs is 1. The Balaban J connectivity index is 0.962. The van der Waals surface area contributed by atoms with Crippen LogP contribution in [0.25, 0.3) is 11.0 Å². The third-order valence-electron chi connectivity index (χ3n) is 10.9. The Kier molecular flexibility index (Phi) is 9.69. The number of anilines is 4. The number of aromatic nitrogens is 4. The Morgan fingerprint density at radius 3 is 2.20 bits per heavy atom. The normalized spacial score (nSPS) is 18.5. The van der Waals surface area contributed by atoms with Crippen molar-refractivity contribution in [2.75, 3.05) is 60.9 Å². The van der Waals surface area contributed by atoms with E-state index in [1.54, 1.807) is 23.8 Å². The summed E-state index contributed by atoms with van der Waals surface area (Å²) in [7, 11) is 0. The quantitative estimate of drug-likeness (QED) is 0.208. The predicted molar refractivity (Wildman–Crippen MR) is 199 cm³/mol. The molecule has 4 aromatic rings. The Labute approximate surface area is 297 Å². The zero-order chi connectivity index (χ0) is 35.8. The van der Waals surface area contributed by atoms with Gasteiger partial charge in [0.05, 0.1) is 17.4 Å². The molecule has 3 fully saturated rings. The van der Waals surface area contributed by atoms with Crippen molar-refractivity contribution < 1.29 is 14.4 Å². The summed E-state index contributed by atoms with van der Waals surface area (Å²) in [6.07, 6.45) is 8.55. The van der Waals surface area contributed by atoms with Crippen LogP contribution in [0.1, 0.15) is 95.6 Å². The average Bonchev–Trinajstić information content (AvgIpc) is 3.82. The molecule has 0 spiro atoms. The van der Waals surface area contributed by atoms with Gasteiger partial charge < -0.3 is 15.1 Å². The second-order valence-electron chi connectivity index (χ2n) is 14.4. The van der Waals surface area contributed by atoms with Crippen LogP contribution < -0.4 is 20.7 Å². The standard InChI is InChI=1S/C39H46N8O4/c1-24-34-21-41-39(43-37(34)47(29-7-5-6-8-29)38(51)36(24)27(4)50)42-35-12-10-31(20-40-35)45-17-15-44(16-18-45)22-28-13-14-46(23-28)30-9-11-32(25(2)48)33(19-30)26(3)49/h9-12,19-21,28-29H,5-8,13-18,22-23H2,1-4H3,(H,40,41,42,43). The molecule has 266 valence electrons. The zero-order valence-electron chi connectivity index (χ0n) is 29.9. The molecule has 1 atom stereocenters. The molecule has 1 unspecified atom stereocenters. The lowest BCUT2D eigenvalue weighted by Gasteiger charge is -2.37. The number of aryl methyl sites for hydroxylation is 1. The van der Waals surface area contributed by atoms with Gasteiger partial charge in [-0.15, -0.1) is 0 Å². The Morgan fingerprint density at radius 1 is 0.804 bits per heavy atom. The van der Waals surface area contributed by atoms with E-state index in [9.17, 15) is 19.2 Å². The van der Waals surface area contributed by atoms with Crippen molar-refractivity contribution in [1.29, 1.82) is 0 Å². The van der Waals surface area contributed by atoms with E-state index in [-0.39, 0.29) is 34.5 Å². The maximum absolute atomic E-state index is 13.5. The number of nitrogens with one attached hydrogen (secondary N) is 1. The molecule has 7 rings (SSSR count). The number of nitrogens with zero attached hydrogens (tertiary/aromatic N) is 7. The van der Waals surface area contributed by atoms with Crippen molar-refractivity contribution in [3.63, 3.8) is 0 Å². The summed E-state index contributed by atoms with van der Waals surface area (Å²) < 4.78 is 1.72. The molecule has 3 aromatic heterocycles. The molecule has 1 N–H and O–H groups in total. The van der Waals surface area contributed by atoms with E-state index in [1.165, 1.54) is 20.8 Å². The summed E-state index contributed by atoms with van der Waals surface area (Å²) in [5.41, 5.74) is 4.20. The molecule has 0 bridgehead atoms. The van der Waals surface area contributed by atoms with Gasteiger partial charge in [-0.25, -0.2) is 9.97 Å². The number of pyridine rings is 2. The second kappa shape index (κ2) is 14.3. The van der Waals surface area contributed by atoms with Gasteiger partial charge in [0.25, 0.3) is 5.56 Å². The van der Waals surface area contributed by atoms with Crippen LogP contribution in [0.3, 0.4) is 0 Å². The highest BCUT2D eigenvalue weighted by molar-refractivity contribution is 6.08. The molecule has 12 heteroatoms. The van der Waals surface area contributed by atoms with Crippen LogP contribution in [0.2, 0.25) is 0 Å². The van der Waals surface area contributed by atoms with Gasteiger partial charge in [0.15, 0.2) is 17.3 Å². The average molecular weight is 691 g/mol. The highest BCUT2D eigenvalue weighted by Gasteiger charge is 2.28. The molecule has 1 aliphatic carbocycles. The van der Waals surface area contributed by atoms with Crippen LogP contribution in [-0.2, 0) is 0 Å². The molecular formula is C39H46N8O4. The maximum Gasteiger partial charge on any atom is 0.263 e. The number of rotatable bonds is 10. The monoisotopic (exact) mass is 690 g/mol. The summed E-state index contributed by atoms with van der Waals surface area (Å²) in [5.74, 6) is 1.11. The lowest BCUT2D eigenvalue weighted by molar-refractivity contribution is 0.0981. The summed E-state index contributed by atoms with van der Waals surface area (Å²) in [5, 5.41) is 3.94. The van der Waals surface area contributed by atoms with Gasteiger partial charge in [-0.3, -0.25) is 28.6 Å². The Morgan fingerprint density at radius 2 is 1.53 bits per heavy atom. The molecule has 51 heavy (non-hydrogen) atoms. The molecular weight excluding hydrogens is 644 g/mol. The van der Waals surface area contributed by atoms with Crippen LogP contribution in [0.4, 0.5) is 23.1 Å². The minimum atomic E-state index is -0.265. The molecule has 1 saturated carbocycles. The number of hydrogen-bond donors (Lipinski definition) is 1. The van der Waals surface area contributed by atoms with Crippen LogP contribution in [0, 0.1) is 12.8 Å². The number of Topliss-reactive ketones (excluding diaryl/α,β-unsaturated/α-hetero) is 3. The van der Waals surface area contributed by atoms with Crippen LogP contribution in [-0.4, -0.2) is 87.6 Å². The SMILES string of the molecule is CC(=O)c1ccc(N2CCC(CN3CCN(c4ccc(Nc5ncc6c(C)c(C(C)=O)c(=O)n(C7CCCC7)c6n5)nc4)CC3)C2)cc1C(C)=O. The van der Waals surface area contributed by atoms with Gasteiger partial charge in [-0.05, 0) is 88.8 Å².